The second kappa shape index (κ2) is 10.4. The number of aryl methyl sites for hydroxylation is 1. The van der Waals surface area contributed by atoms with Crippen LogP contribution in [0, 0.1) is 18.6 Å². The number of likely N-dealkylation sites (N-methyl/N-ethyl adjacent to an activating group) is 1. The van der Waals surface area contributed by atoms with Gasteiger partial charge < -0.3 is 9.80 Å². The molecule has 2 aliphatic heterocycles. The Morgan fingerprint density at radius 1 is 0.846 bits per heavy atom. The Bertz CT molecular complexity index is 1350. The second-order valence-electron chi connectivity index (χ2n) is 9.86. The molecule has 0 amide bonds. The Labute approximate surface area is 223 Å². The first-order chi connectivity index (χ1) is 18.5. The van der Waals surface area contributed by atoms with Crippen molar-refractivity contribution in [2.24, 2.45) is 0 Å². The molecule has 0 saturated carbocycles. The third-order valence-corrected chi connectivity index (χ3v) is 7.23. The Kier molecular flexibility index (Phi) is 7.15. The number of nitrogens with zero attached hydrogens (tertiary/aromatic N) is 4. The predicted octanol–water partition coefficient (Wildman–Crippen LogP) is 5.37. The van der Waals surface area contributed by atoms with E-state index in [9.17, 15) is 26.7 Å². The van der Waals surface area contributed by atoms with Crippen molar-refractivity contribution in [3.63, 3.8) is 0 Å². The minimum atomic E-state index is -5.01. The van der Waals surface area contributed by atoms with Crippen molar-refractivity contribution >= 4 is 17.2 Å². The van der Waals surface area contributed by atoms with Gasteiger partial charge in [-0.15, -0.1) is 0 Å². The van der Waals surface area contributed by atoms with Gasteiger partial charge >= 0.3 is 6.18 Å². The summed E-state index contributed by atoms with van der Waals surface area (Å²) in [5, 5.41) is 0. The molecule has 0 atom stereocenters. The van der Waals surface area contributed by atoms with E-state index in [1.165, 1.54) is 24.3 Å². The van der Waals surface area contributed by atoms with Gasteiger partial charge in [0.05, 0.1) is 17.4 Å². The minimum absolute atomic E-state index is 0.181. The molecule has 5 nitrogen and oxygen atoms in total. The maximum Gasteiger partial charge on any atom is 0.454 e. The SMILES string of the molecule is Cc1ccc2c(n1)C(N1CCN(C(c3ccc(F)cc3)c3ccc(F)cc3)CC1)=C(C(=O)C(F)(F)F)CN2C. The Morgan fingerprint density at radius 3 is 1.90 bits per heavy atom. The van der Waals surface area contributed by atoms with Crippen molar-refractivity contribution < 1.29 is 26.7 Å². The van der Waals surface area contributed by atoms with Gasteiger partial charge in [-0.05, 0) is 54.4 Å². The summed E-state index contributed by atoms with van der Waals surface area (Å²) in [5.41, 5.74) is 3.17. The summed E-state index contributed by atoms with van der Waals surface area (Å²) < 4.78 is 68.3. The third-order valence-electron chi connectivity index (χ3n) is 7.23. The lowest BCUT2D eigenvalue weighted by atomic mass is 9.95. The Hall–Kier alpha value is -3.79. The van der Waals surface area contributed by atoms with Crippen LogP contribution in [-0.4, -0.2) is 66.5 Å². The number of halogens is 5. The number of anilines is 1. The zero-order valence-corrected chi connectivity index (χ0v) is 21.5. The highest BCUT2D eigenvalue weighted by molar-refractivity contribution is 6.08. The number of carbonyl (C=O) groups excluding carboxylic acids is 1. The largest absolute Gasteiger partial charge is 0.454 e. The van der Waals surface area contributed by atoms with E-state index in [1.807, 2.05) is 6.07 Å². The normalized spacial score (nSPS) is 16.6. The van der Waals surface area contributed by atoms with Crippen molar-refractivity contribution in [3.05, 3.63) is 100 Å². The molecule has 2 aromatic carbocycles. The number of pyridine rings is 1. The van der Waals surface area contributed by atoms with Crippen molar-refractivity contribution in [1.82, 2.24) is 14.8 Å². The number of alkyl halides is 3. The molecule has 0 radical (unpaired) electrons. The molecular weight excluding hydrogens is 515 g/mol. The van der Waals surface area contributed by atoms with Gasteiger partial charge in [-0.1, -0.05) is 24.3 Å². The van der Waals surface area contributed by atoms with E-state index in [0.29, 0.717) is 43.3 Å². The molecule has 2 aliphatic rings. The molecule has 0 N–H and O–H groups in total. The highest BCUT2D eigenvalue weighted by Crippen LogP contribution is 2.39. The molecule has 1 aromatic heterocycles. The summed E-state index contributed by atoms with van der Waals surface area (Å²) in [6, 6.07) is 15.5. The minimum Gasteiger partial charge on any atom is -0.368 e. The van der Waals surface area contributed by atoms with Crippen LogP contribution in [0.25, 0.3) is 5.70 Å². The van der Waals surface area contributed by atoms with Crippen LogP contribution in [0.2, 0.25) is 0 Å². The van der Waals surface area contributed by atoms with Gasteiger partial charge in [0.1, 0.15) is 17.3 Å². The molecule has 10 heteroatoms. The van der Waals surface area contributed by atoms with Crippen molar-refractivity contribution in [2.45, 2.75) is 19.1 Å². The first-order valence-electron chi connectivity index (χ1n) is 12.6. The number of rotatable bonds is 5. The molecule has 3 heterocycles. The van der Waals surface area contributed by atoms with E-state index in [1.54, 1.807) is 54.1 Å². The zero-order valence-electron chi connectivity index (χ0n) is 21.5. The van der Waals surface area contributed by atoms with Gasteiger partial charge in [-0.25, -0.2) is 13.8 Å². The van der Waals surface area contributed by atoms with Gasteiger partial charge in [0.25, 0.3) is 5.78 Å². The maximum atomic E-state index is 13.7. The summed E-state index contributed by atoms with van der Waals surface area (Å²) >= 11 is 0. The third kappa shape index (κ3) is 5.38. The van der Waals surface area contributed by atoms with E-state index < -0.39 is 12.0 Å². The molecular formula is C29H27F5N4O. The van der Waals surface area contributed by atoms with Gasteiger partial charge in [0.15, 0.2) is 0 Å². The first kappa shape index (κ1) is 26.8. The molecule has 0 bridgehead atoms. The number of piperazine rings is 1. The topological polar surface area (TPSA) is 39.7 Å². The summed E-state index contributed by atoms with van der Waals surface area (Å²) in [6.07, 6.45) is -5.01. The second-order valence-corrected chi connectivity index (χ2v) is 9.86. The molecule has 1 fully saturated rings. The Morgan fingerprint density at radius 2 is 1.38 bits per heavy atom. The standard InChI is InChI=1S/C29H27F5N4O/c1-18-3-12-24-25(35-18)27(23(17-36(24)2)28(39)29(32,33)34)38-15-13-37(14-16-38)26(19-4-8-21(30)9-5-19)20-6-10-22(31)11-7-20/h3-12,26H,13-17H2,1-2H3. The maximum absolute atomic E-state index is 13.7. The fourth-order valence-corrected chi connectivity index (χ4v) is 5.37. The fourth-order valence-electron chi connectivity index (χ4n) is 5.37. The van der Waals surface area contributed by atoms with Crippen LogP contribution in [0.1, 0.15) is 28.6 Å². The quantitative estimate of drug-likeness (QED) is 0.406. The zero-order chi connectivity index (χ0) is 27.9. The van der Waals surface area contributed by atoms with E-state index in [2.05, 4.69) is 9.88 Å². The van der Waals surface area contributed by atoms with Crippen LogP contribution >= 0.6 is 0 Å². The number of ketones is 1. The van der Waals surface area contributed by atoms with Crippen LogP contribution in [0.3, 0.4) is 0 Å². The summed E-state index contributed by atoms with van der Waals surface area (Å²) in [6.45, 7) is 3.12. The number of fused-ring (bicyclic) bond motifs is 1. The van der Waals surface area contributed by atoms with Gasteiger partial charge in [0.2, 0.25) is 0 Å². The molecule has 3 aromatic rings. The molecule has 39 heavy (non-hydrogen) atoms. The molecule has 5 rings (SSSR count). The van der Waals surface area contributed by atoms with Crippen LogP contribution in [0.5, 0.6) is 0 Å². The average molecular weight is 543 g/mol. The van der Waals surface area contributed by atoms with Gasteiger partial charge in [0, 0.05) is 51.0 Å². The van der Waals surface area contributed by atoms with Gasteiger partial charge in [-0.3, -0.25) is 9.69 Å². The summed E-state index contributed by atoms with van der Waals surface area (Å²) in [4.78, 5) is 22.7. The smallest absolute Gasteiger partial charge is 0.368 e. The van der Waals surface area contributed by atoms with Crippen molar-refractivity contribution in [2.75, 3.05) is 44.7 Å². The number of aromatic nitrogens is 1. The number of Topliss-reactive ketones (excluding diaryl/α,β-unsaturated/α-hetero) is 1. The van der Waals surface area contributed by atoms with E-state index in [0.717, 1.165) is 11.1 Å². The molecule has 0 unspecified atom stereocenters. The van der Waals surface area contributed by atoms with Gasteiger partial charge in [-0.2, -0.15) is 13.2 Å². The lowest BCUT2D eigenvalue weighted by Crippen LogP contribution is -2.49. The fraction of sp³-hybridized carbons (Fsp3) is 0.310. The van der Waals surface area contributed by atoms with Crippen LogP contribution in [-0.2, 0) is 4.79 Å². The van der Waals surface area contributed by atoms with Crippen LogP contribution in [0.15, 0.2) is 66.2 Å². The number of hydrogen-bond acceptors (Lipinski definition) is 5. The summed E-state index contributed by atoms with van der Waals surface area (Å²) in [5.74, 6) is -2.62. The molecule has 204 valence electrons. The van der Waals surface area contributed by atoms with E-state index in [-0.39, 0.29) is 35.5 Å². The Balaban J connectivity index is 1.50. The van der Waals surface area contributed by atoms with E-state index in [4.69, 9.17) is 0 Å². The monoisotopic (exact) mass is 542 g/mol. The van der Waals surface area contributed by atoms with E-state index >= 15 is 0 Å². The lowest BCUT2D eigenvalue weighted by Gasteiger charge is -2.43. The van der Waals surface area contributed by atoms with Crippen LogP contribution < -0.4 is 4.90 Å². The number of benzene rings is 2. The van der Waals surface area contributed by atoms with Crippen molar-refractivity contribution in [1.29, 1.82) is 0 Å². The number of carbonyl (C=O) groups is 1. The highest BCUT2D eigenvalue weighted by atomic mass is 19.4. The molecule has 1 saturated heterocycles. The van der Waals surface area contributed by atoms with Crippen molar-refractivity contribution in [3.8, 4) is 0 Å². The number of hydrogen-bond donors (Lipinski definition) is 0. The molecule has 0 spiro atoms. The summed E-state index contributed by atoms with van der Waals surface area (Å²) in [7, 11) is 1.64. The first-order valence-corrected chi connectivity index (χ1v) is 12.6. The average Bonchev–Trinajstić information content (AvgIpc) is 2.90. The molecule has 0 aliphatic carbocycles. The predicted molar refractivity (Wildman–Crippen MR) is 138 cm³/mol. The highest BCUT2D eigenvalue weighted by Gasteiger charge is 2.45. The van der Waals surface area contributed by atoms with Crippen LogP contribution in [0.4, 0.5) is 27.6 Å². The lowest BCUT2D eigenvalue weighted by molar-refractivity contribution is -0.166.